The Hall–Kier alpha value is -3.01. The predicted molar refractivity (Wildman–Crippen MR) is 91.7 cm³/mol. The van der Waals surface area contributed by atoms with Gasteiger partial charge in [0.15, 0.2) is 0 Å². The lowest BCUT2D eigenvalue weighted by Crippen LogP contribution is -1.96. The molecule has 2 aromatic carbocycles. The van der Waals surface area contributed by atoms with Crippen molar-refractivity contribution in [3.05, 3.63) is 60.8 Å². The number of nitrogens with zero attached hydrogens (tertiary/aromatic N) is 2. The molecule has 4 rings (SSSR count). The van der Waals surface area contributed by atoms with E-state index in [1.54, 1.807) is 14.2 Å². The number of methoxy groups -OCH3 is 2. The van der Waals surface area contributed by atoms with Crippen LogP contribution in [-0.2, 0) is 0 Å². The van der Waals surface area contributed by atoms with Crippen LogP contribution in [0.4, 0.5) is 0 Å². The SMILES string of the molecule is COc1cc(OC)cc(-n2c3ccccc3c3ncccc32)c1. The molecule has 0 spiro atoms. The molecule has 0 N–H and O–H groups in total. The van der Waals surface area contributed by atoms with Crippen molar-refractivity contribution in [1.82, 2.24) is 9.55 Å². The molecule has 2 heterocycles. The molecule has 0 saturated carbocycles. The lowest BCUT2D eigenvalue weighted by molar-refractivity contribution is 0.394. The van der Waals surface area contributed by atoms with Gasteiger partial charge >= 0.3 is 0 Å². The highest BCUT2D eigenvalue weighted by Gasteiger charge is 2.13. The Morgan fingerprint density at radius 1 is 0.826 bits per heavy atom. The van der Waals surface area contributed by atoms with Crippen molar-refractivity contribution in [3.63, 3.8) is 0 Å². The fourth-order valence-electron chi connectivity index (χ4n) is 2.98. The van der Waals surface area contributed by atoms with E-state index in [0.717, 1.165) is 39.1 Å². The Morgan fingerprint density at radius 2 is 1.52 bits per heavy atom. The van der Waals surface area contributed by atoms with Gasteiger partial charge in [0, 0.05) is 29.8 Å². The molecule has 4 nitrogen and oxygen atoms in total. The minimum atomic E-state index is 0.758. The van der Waals surface area contributed by atoms with E-state index in [4.69, 9.17) is 9.47 Å². The summed E-state index contributed by atoms with van der Waals surface area (Å²) in [5.74, 6) is 1.52. The van der Waals surface area contributed by atoms with Crippen molar-refractivity contribution < 1.29 is 9.47 Å². The second-order valence-corrected chi connectivity index (χ2v) is 5.29. The van der Waals surface area contributed by atoms with Crippen LogP contribution < -0.4 is 9.47 Å². The molecule has 23 heavy (non-hydrogen) atoms. The summed E-state index contributed by atoms with van der Waals surface area (Å²) in [6.45, 7) is 0. The first kappa shape index (κ1) is 13.6. The van der Waals surface area contributed by atoms with E-state index in [9.17, 15) is 0 Å². The topological polar surface area (TPSA) is 36.3 Å². The zero-order chi connectivity index (χ0) is 15.8. The molecule has 0 radical (unpaired) electrons. The van der Waals surface area contributed by atoms with E-state index in [0.29, 0.717) is 0 Å². The van der Waals surface area contributed by atoms with Gasteiger partial charge in [-0.05, 0) is 18.2 Å². The quantitative estimate of drug-likeness (QED) is 0.569. The standard InChI is InChI=1S/C19H16N2O2/c1-22-14-10-13(11-15(12-14)23-2)21-17-7-4-3-6-16(17)19-18(21)8-5-9-20-19/h3-12H,1-2H3. The fraction of sp³-hybridized carbons (Fsp3) is 0.105. The molecule has 0 fully saturated rings. The number of benzene rings is 2. The number of pyridine rings is 1. The maximum absolute atomic E-state index is 5.41. The van der Waals surface area contributed by atoms with E-state index in [1.807, 2.05) is 42.6 Å². The average Bonchev–Trinajstić information content (AvgIpc) is 2.96. The Labute approximate surface area is 133 Å². The van der Waals surface area contributed by atoms with Crippen molar-refractivity contribution in [2.24, 2.45) is 0 Å². The van der Waals surface area contributed by atoms with E-state index in [-0.39, 0.29) is 0 Å². The van der Waals surface area contributed by atoms with Gasteiger partial charge in [-0.1, -0.05) is 18.2 Å². The minimum absolute atomic E-state index is 0.758. The summed E-state index contributed by atoms with van der Waals surface area (Å²) in [7, 11) is 3.32. The summed E-state index contributed by atoms with van der Waals surface area (Å²) in [5.41, 5.74) is 4.14. The summed E-state index contributed by atoms with van der Waals surface area (Å²) in [5, 5.41) is 1.13. The van der Waals surface area contributed by atoms with Gasteiger partial charge in [0.25, 0.3) is 0 Å². The van der Waals surface area contributed by atoms with Crippen molar-refractivity contribution >= 4 is 21.9 Å². The Bertz CT molecular complexity index is 929. The molecule has 0 unspecified atom stereocenters. The van der Waals surface area contributed by atoms with E-state index >= 15 is 0 Å². The predicted octanol–water partition coefficient (Wildman–Crippen LogP) is 4.20. The van der Waals surface area contributed by atoms with Gasteiger partial charge in [-0.2, -0.15) is 0 Å². The van der Waals surface area contributed by atoms with Crippen LogP contribution in [0, 0.1) is 0 Å². The van der Waals surface area contributed by atoms with Crippen molar-refractivity contribution in [1.29, 1.82) is 0 Å². The van der Waals surface area contributed by atoms with E-state index in [2.05, 4.69) is 27.8 Å². The smallest absolute Gasteiger partial charge is 0.124 e. The van der Waals surface area contributed by atoms with Crippen LogP contribution in [0.1, 0.15) is 0 Å². The van der Waals surface area contributed by atoms with Crippen LogP contribution >= 0.6 is 0 Å². The van der Waals surface area contributed by atoms with Gasteiger partial charge in [0.1, 0.15) is 11.5 Å². The van der Waals surface area contributed by atoms with Gasteiger partial charge in [-0.25, -0.2) is 0 Å². The molecular formula is C19H16N2O2. The summed E-state index contributed by atoms with van der Waals surface area (Å²) in [6.07, 6.45) is 1.82. The third-order valence-corrected chi connectivity index (χ3v) is 4.02. The summed E-state index contributed by atoms with van der Waals surface area (Å²) >= 11 is 0. The van der Waals surface area contributed by atoms with Gasteiger partial charge in [0.2, 0.25) is 0 Å². The first-order valence-electron chi connectivity index (χ1n) is 7.39. The maximum atomic E-state index is 5.41. The molecule has 0 aliphatic carbocycles. The lowest BCUT2D eigenvalue weighted by atomic mass is 10.2. The van der Waals surface area contributed by atoms with Crippen LogP contribution in [-0.4, -0.2) is 23.8 Å². The van der Waals surface area contributed by atoms with Gasteiger partial charge < -0.3 is 14.0 Å². The molecule has 0 bridgehead atoms. The van der Waals surface area contributed by atoms with Crippen LogP contribution in [0.25, 0.3) is 27.6 Å². The molecule has 4 heteroatoms. The van der Waals surface area contributed by atoms with E-state index in [1.165, 1.54) is 0 Å². The largest absolute Gasteiger partial charge is 0.497 e. The fourth-order valence-corrected chi connectivity index (χ4v) is 2.98. The molecule has 0 atom stereocenters. The minimum Gasteiger partial charge on any atom is -0.497 e. The number of para-hydroxylation sites is 1. The second-order valence-electron chi connectivity index (χ2n) is 5.29. The van der Waals surface area contributed by atoms with Crippen molar-refractivity contribution in [3.8, 4) is 17.2 Å². The van der Waals surface area contributed by atoms with Crippen LogP contribution in [0.5, 0.6) is 11.5 Å². The summed E-state index contributed by atoms with van der Waals surface area (Å²) in [6, 6.07) is 18.2. The zero-order valence-electron chi connectivity index (χ0n) is 13.0. The van der Waals surface area contributed by atoms with Gasteiger partial charge in [-0.15, -0.1) is 0 Å². The number of rotatable bonds is 3. The second kappa shape index (κ2) is 5.32. The summed E-state index contributed by atoms with van der Waals surface area (Å²) in [4.78, 5) is 4.56. The maximum Gasteiger partial charge on any atom is 0.124 e. The molecule has 0 aliphatic heterocycles. The highest BCUT2D eigenvalue weighted by molar-refractivity contribution is 6.06. The molecule has 2 aromatic heterocycles. The number of aromatic nitrogens is 2. The zero-order valence-corrected chi connectivity index (χ0v) is 13.0. The van der Waals surface area contributed by atoms with Crippen LogP contribution in [0.2, 0.25) is 0 Å². The summed E-state index contributed by atoms with van der Waals surface area (Å²) < 4.78 is 13.0. The van der Waals surface area contributed by atoms with Crippen molar-refractivity contribution in [2.75, 3.05) is 14.2 Å². The average molecular weight is 304 g/mol. The number of ether oxygens (including phenoxy) is 2. The third kappa shape index (κ3) is 2.11. The Kier molecular flexibility index (Phi) is 3.15. The number of hydrogen-bond donors (Lipinski definition) is 0. The lowest BCUT2D eigenvalue weighted by Gasteiger charge is -2.11. The normalized spacial score (nSPS) is 11.0. The number of fused-ring (bicyclic) bond motifs is 3. The third-order valence-electron chi connectivity index (χ3n) is 4.02. The molecule has 0 amide bonds. The number of hydrogen-bond acceptors (Lipinski definition) is 3. The molecule has 0 saturated heterocycles. The first-order chi connectivity index (χ1) is 11.3. The van der Waals surface area contributed by atoms with Gasteiger partial charge in [-0.3, -0.25) is 4.98 Å². The Morgan fingerprint density at radius 3 is 2.26 bits per heavy atom. The van der Waals surface area contributed by atoms with E-state index < -0.39 is 0 Å². The van der Waals surface area contributed by atoms with Crippen LogP contribution in [0.3, 0.4) is 0 Å². The molecule has 0 aliphatic rings. The van der Waals surface area contributed by atoms with Crippen molar-refractivity contribution in [2.45, 2.75) is 0 Å². The Balaban J connectivity index is 2.12. The highest BCUT2D eigenvalue weighted by atomic mass is 16.5. The molecule has 114 valence electrons. The van der Waals surface area contributed by atoms with Crippen LogP contribution in [0.15, 0.2) is 60.8 Å². The molecule has 4 aromatic rings. The first-order valence-corrected chi connectivity index (χ1v) is 7.39. The van der Waals surface area contributed by atoms with Gasteiger partial charge in [0.05, 0.1) is 36.5 Å². The highest BCUT2D eigenvalue weighted by Crippen LogP contribution is 2.33. The monoisotopic (exact) mass is 304 g/mol. The molecular weight excluding hydrogens is 288 g/mol.